The van der Waals surface area contributed by atoms with E-state index in [1.54, 1.807) is 24.4 Å². The maximum atomic E-state index is 13.0. The van der Waals surface area contributed by atoms with Gasteiger partial charge >= 0.3 is 5.97 Å². The molecule has 4 rings (SSSR count). The van der Waals surface area contributed by atoms with Crippen LogP contribution in [0.5, 0.6) is 11.5 Å². The van der Waals surface area contributed by atoms with Crippen molar-refractivity contribution < 1.29 is 23.8 Å². The number of ether oxygens (including phenoxy) is 3. The lowest BCUT2D eigenvalue weighted by molar-refractivity contribution is -0.135. The summed E-state index contributed by atoms with van der Waals surface area (Å²) in [5, 5.41) is 0.748. The van der Waals surface area contributed by atoms with E-state index in [1.165, 1.54) is 13.2 Å². The number of fused-ring (bicyclic) bond motifs is 2. The van der Waals surface area contributed by atoms with Crippen molar-refractivity contribution in [2.24, 2.45) is 0 Å². The highest BCUT2D eigenvalue weighted by Crippen LogP contribution is 2.33. The zero-order valence-electron chi connectivity index (χ0n) is 13.9. The van der Waals surface area contributed by atoms with Crippen LogP contribution in [-0.4, -0.2) is 30.6 Å². The molecule has 0 bridgehead atoms. The summed E-state index contributed by atoms with van der Waals surface area (Å²) < 4.78 is 15.4. The largest absolute Gasteiger partial charge is 0.465 e. The second-order valence-electron chi connectivity index (χ2n) is 5.74. The van der Waals surface area contributed by atoms with Crippen LogP contribution >= 0.6 is 0 Å². The van der Waals surface area contributed by atoms with Crippen LogP contribution in [0.15, 0.2) is 54.2 Å². The number of aromatic nitrogens is 1. The van der Waals surface area contributed by atoms with Crippen molar-refractivity contribution in [2.45, 2.75) is 0 Å². The van der Waals surface area contributed by atoms with E-state index in [4.69, 9.17) is 14.2 Å². The van der Waals surface area contributed by atoms with E-state index in [1.807, 2.05) is 24.3 Å². The summed E-state index contributed by atoms with van der Waals surface area (Å²) in [5.74, 6) is 0.0946. The van der Waals surface area contributed by atoms with Crippen LogP contribution in [0.2, 0.25) is 0 Å². The molecule has 0 spiro atoms. The monoisotopic (exact) mass is 349 g/mol. The molecule has 2 aromatic carbocycles. The fraction of sp³-hybridized carbons (Fsp3) is 0.100. The lowest BCUT2D eigenvalue weighted by Gasteiger charge is -2.05. The molecule has 1 aromatic heterocycles. The Labute approximate surface area is 149 Å². The first kappa shape index (κ1) is 16.0. The number of carbonyl (C=O) groups excluding carboxylic acids is 2. The first-order valence-corrected chi connectivity index (χ1v) is 7.98. The molecular formula is C20H15NO5. The van der Waals surface area contributed by atoms with Crippen LogP contribution in [0.25, 0.3) is 17.0 Å². The number of benzene rings is 2. The second kappa shape index (κ2) is 6.40. The number of H-pyrrole nitrogens is 1. The first-order valence-electron chi connectivity index (χ1n) is 7.98. The maximum absolute atomic E-state index is 13.0. The van der Waals surface area contributed by atoms with Crippen LogP contribution in [0, 0.1) is 0 Å². The third kappa shape index (κ3) is 2.71. The van der Waals surface area contributed by atoms with Gasteiger partial charge in [-0.1, -0.05) is 24.3 Å². The van der Waals surface area contributed by atoms with Crippen LogP contribution in [0.1, 0.15) is 15.9 Å². The Balaban J connectivity index is 1.77. The zero-order chi connectivity index (χ0) is 18.1. The SMILES string of the molecule is COC(=O)/C(=C/c1ccc2c(c1)OCO2)C(=O)c1c[nH]c2ccccc12. The van der Waals surface area contributed by atoms with Gasteiger partial charge < -0.3 is 19.2 Å². The van der Waals surface area contributed by atoms with E-state index in [2.05, 4.69) is 4.98 Å². The molecule has 2 heterocycles. The van der Waals surface area contributed by atoms with Gasteiger partial charge in [0.05, 0.1) is 7.11 Å². The molecule has 6 nitrogen and oxygen atoms in total. The number of ketones is 1. The predicted molar refractivity (Wildman–Crippen MR) is 95.2 cm³/mol. The normalized spacial score (nSPS) is 13.0. The van der Waals surface area contributed by atoms with E-state index in [0.29, 0.717) is 22.6 Å². The van der Waals surface area contributed by atoms with Crippen molar-refractivity contribution in [3.05, 3.63) is 65.4 Å². The molecule has 1 aliphatic heterocycles. The number of Topliss-reactive ketones (excluding diaryl/α,β-unsaturated/α-hetero) is 1. The van der Waals surface area contributed by atoms with Crippen LogP contribution in [0.4, 0.5) is 0 Å². The molecule has 0 radical (unpaired) electrons. The number of methoxy groups -OCH3 is 1. The number of aromatic amines is 1. The van der Waals surface area contributed by atoms with Crippen molar-refractivity contribution in [2.75, 3.05) is 13.9 Å². The summed E-state index contributed by atoms with van der Waals surface area (Å²) in [6.45, 7) is 0.153. The molecule has 0 saturated heterocycles. The number of hydrogen-bond donors (Lipinski definition) is 1. The Morgan fingerprint density at radius 1 is 1.12 bits per heavy atom. The zero-order valence-corrected chi connectivity index (χ0v) is 13.9. The number of hydrogen-bond acceptors (Lipinski definition) is 5. The van der Waals surface area contributed by atoms with Crippen LogP contribution in [-0.2, 0) is 9.53 Å². The highest BCUT2D eigenvalue weighted by Gasteiger charge is 2.23. The number of esters is 1. The topological polar surface area (TPSA) is 77.6 Å². The van der Waals surface area contributed by atoms with E-state index in [9.17, 15) is 9.59 Å². The van der Waals surface area contributed by atoms with Gasteiger partial charge in [0.1, 0.15) is 5.57 Å². The Morgan fingerprint density at radius 3 is 2.77 bits per heavy atom. The fourth-order valence-electron chi connectivity index (χ4n) is 2.90. The third-order valence-electron chi connectivity index (χ3n) is 4.19. The molecule has 0 fully saturated rings. The molecule has 6 heteroatoms. The van der Waals surface area contributed by atoms with Gasteiger partial charge in [0.15, 0.2) is 11.5 Å². The molecule has 0 saturated carbocycles. The van der Waals surface area contributed by atoms with Gasteiger partial charge in [0, 0.05) is 22.7 Å². The van der Waals surface area contributed by atoms with Crippen LogP contribution < -0.4 is 9.47 Å². The van der Waals surface area contributed by atoms with Gasteiger partial charge in [-0.15, -0.1) is 0 Å². The van der Waals surface area contributed by atoms with E-state index in [-0.39, 0.29) is 12.4 Å². The third-order valence-corrected chi connectivity index (χ3v) is 4.19. The van der Waals surface area contributed by atoms with Gasteiger partial charge in [0.2, 0.25) is 12.6 Å². The molecule has 3 aromatic rings. The molecule has 1 aliphatic rings. The van der Waals surface area contributed by atoms with E-state index in [0.717, 1.165) is 10.9 Å². The van der Waals surface area contributed by atoms with Gasteiger partial charge in [-0.05, 0) is 29.8 Å². The molecule has 0 amide bonds. The average molecular weight is 349 g/mol. The lowest BCUT2D eigenvalue weighted by atomic mass is 10.0. The Hall–Kier alpha value is -3.54. The summed E-state index contributed by atoms with van der Waals surface area (Å²) in [6.07, 6.45) is 3.10. The molecule has 0 atom stereocenters. The summed E-state index contributed by atoms with van der Waals surface area (Å²) >= 11 is 0. The van der Waals surface area contributed by atoms with Crippen molar-refractivity contribution in [3.8, 4) is 11.5 Å². The highest BCUT2D eigenvalue weighted by molar-refractivity contribution is 6.29. The van der Waals surface area contributed by atoms with Gasteiger partial charge in [-0.3, -0.25) is 4.79 Å². The van der Waals surface area contributed by atoms with Crippen molar-refractivity contribution in [1.82, 2.24) is 4.98 Å². The van der Waals surface area contributed by atoms with Crippen molar-refractivity contribution in [1.29, 1.82) is 0 Å². The Morgan fingerprint density at radius 2 is 1.92 bits per heavy atom. The summed E-state index contributed by atoms with van der Waals surface area (Å²) in [5.41, 5.74) is 1.82. The molecular weight excluding hydrogens is 334 g/mol. The van der Waals surface area contributed by atoms with Crippen molar-refractivity contribution >= 4 is 28.7 Å². The minimum atomic E-state index is -0.696. The fourth-order valence-corrected chi connectivity index (χ4v) is 2.90. The minimum Gasteiger partial charge on any atom is -0.465 e. The number of rotatable bonds is 4. The van der Waals surface area contributed by atoms with Crippen LogP contribution in [0.3, 0.4) is 0 Å². The number of nitrogens with one attached hydrogen (secondary N) is 1. The Kier molecular flexibility index (Phi) is 3.93. The Bertz CT molecular complexity index is 1050. The molecule has 26 heavy (non-hydrogen) atoms. The standard InChI is InChI=1S/C20H15NO5/c1-24-20(23)14(8-12-6-7-17-18(9-12)26-11-25-17)19(22)15-10-21-16-5-3-2-4-13(15)16/h2-10,21H,11H2,1H3/b14-8+. The van der Waals surface area contributed by atoms with Gasteiger partial charge in [-0.2, -0.15) is 0 Å². The average Bonchev–Trinajstić information content (AvgIpc) is 3.31. The van der Waals surface area contributed by atoms with Crippen molar-refractivity contribution in [3.63, 3.8) is 0 Å². The highest BCUT2D eigenvalue weighted by atomic mass is 16.7. The lowest BCUT2D eigenvalue weighted by Crippen LogP contribution is -2.14. The first-order chi connectivity index (χ1) is 12.7. The molecule has 1 N–H and O–H groups in total. The number of carbonyl (C=O) groups is 2. The quantitative estimate of drug-likeness (QED) is 0.257. The molecule has 0 aliphatic carbocycles. The second-order valence-corrected chi connectivity index (χ2v) is 5.74. The summed E-state index contributed by atoms with van der Waals surface area (Å²) in [6, 6.07) is 12.6. The maximum Gasteiger partial charge on any atom is 0.341 e. The van der Waals surface area contributed by atoms with E-state index >= 15 is 0 Å². The molecule has 0 unspecified atom stereocenters. The predicted octanol–water partition coefficient (Wildman–Crippen LogP) is 3.34. The number of para-hydroxylation sites is 1. The molecule has 130 valence electrons. The van der Waals surface area contributed by atoms with Gasteiger partial charge in [-0.25, -0.2) is 4.79 Å². The minimum absolute atomic E-state index is 0.0591. The summed E-state index contributed by atoms with van der Waals surface area (Å²) in [4.78, 5) is 28.3. The van der Waals surface area contributed by atoms with E-state index < -0.39 is 11.8 Å². The summed E-state index contributed by atoms with van der Waals surface area (Å²) in [7, 11) is 1.25. The smallest absolute Gasteiger partial charge is 0.341 e. The van der Waals surface area contributed by atoms with Gasteiger partial charge in [0.25, 0.3) is 0 Å².